The Bertz CT molecular complexity index is 454. The minimum absolute atomic E-state index is 0.0366. The molecular weight excluding hydrogens is 218 g/mol. The summed E-state index contributed by atoms with van der Waals surface area (Å²) < 4.78 is 10.5. The van der Waals surface area contributed by atoms with Gasteiger partial charge in [0.1, 0.15) is 11.5 Å². The largest absolute Gasteiger partial charge is 0.497 e. The fourth-order valence-electron chi connectivity index (χ4n) is 2.11. The summed E-state index contributed by atoms with van der Waals surface area (Å²) in [5, 5.41) is 0. The van der Waals surface area contributed by atoms with E-state index in [9.17, 15) is 4.79 Å². The number of amides is 1. The Morgan fingerprint density at radius 1 is 1.24 bits per heavy atom. The SMILES string of the molecule is COc1cc2c(c(OC)c1)C(=O)N(C(C)C)C2. The molecule has 0 atom stereocenters. The zero-order chi connectivity index (χ0) is 12.6. The Kier molecular flexibility index (Phi) is 2.96. The summed E-state index contributed by atoms with van der Waals surface area (Å²) >= 11 is 0. The van der Waals surface area contributed by atoms with Gasteiger partial charge in [-0.15, -0.1) is 0 Å². The van der Waals surface area contributed by atoms with Gasteiger partial charge in [-0.25, -0.2) is 0 Å². The predicted molar refractivity (Wildman–Crippen MR) is 64.6 cm³/mol. The molecule has 0 aliphatic carbocycles. The third-order valence-electron chi connectivity index (χ3n) is 3.05. The maximum absolute atomic E-state index is 12.2. The summed E-state index contributed by atoms with van der Waals surface area (Å²) in [5.74, 6) is 1.35. The van der Waals surface area contributed by atoms with E-state index in [4.69, 9.17) is 9.47 Å². The molecule has 1 amide bonds. The number of hydrogen-bond donors (Lipinski definition) is 0. The van der Waals surface area contributed by atoms with Crippen molar-refractivity contribution in [2.75, 3.05) is 14.2 Å². The molecule has 1 aromatic carbocycles. The van der Waals surface area contributed by atoms with Crippen LogP contribution in [0, 0.1) is 0 Å². The van der Waals surface area contributed by atoms with Gasteiger partial charge in [-0.05, 0) is 25.5 Å². The Morgan fingerprint density at radius 3 is 2.47 bits per heavy atom. The number of rotatable bonds is 3. The van der Waals surface area contributed by atoms with Crippen LogP contribution in [-0.2, 0) is 6.54 Å². The number of hydrogen-bond acceptors (Lipinski definition) is 3. The van der Waals surface area contributed by atoms with Crippen molar-refractivity contribution in [2.24, 2.45) is 0 Å². The van der Waals surface area contributed by atoms with E-state index in [0.29, 0.717) is 17.9 Å². The van der Waals surface area contributed by atoms with Gasteiger partial charge in [-0.1, -0.05) is 0 Å². The maximum Gasteiger partial charge on any atom is 0.258 e. The second-order valence-electron chi connectivity index (χ2n) is 4.39. The summed E-state index contributed by atoms with van der Waals surface area (Å²) in [5.41, 5.74) is 1.64. The quantitative estimate of drug-likeness (QED) is 0.805. The zero-order valence-electron chi connectivity index (χ0n) is 10.6. The van der Waals surface area contributed by atoms with Crippen molar-refractivity contribution in [2.45, 2.75) is 26.4 Å². The number of benzene rings is 1. The minimum atomic E-state index is 0.0366. The van der Waals surface area contributed by atoms with Gasteiger partial charge in [0.2, 0.25) is 0 Å². The first-order valence-corrected chi connectivity index (χ1v) is 5.64. The fourth-order valence-corrected chi connectivity index (χ4v) is 2.11. The van der Waals surface area contributed by atoms with Gasteiger partial charge in [0.15, 0.2) is 0 Å². The van der Waals surface area contributed by atoms with Crippen molar-refractivity contribution in [1.29, 1.82) is 0 Å². The summed E-state index contributed by atoms with van der Waals surface area (Å²) in [6.45, 7) is 4.64. The fraction of sp³-hybridized carbons (Fsp3) is 0.462. The Hall–Kier alpha value is -1.71. The van der Waals surface area contributed by atoms with Crippen LogP contribution in [0.25, 0.3) is 0 Å². The summed E-state index contributed by atoms with van der Waals surface area (Å²) in [6, 6.07) is 3.84. The highest BCUT2D eigenvalue weighted by Crippen LogP contribution is 2.35. The van der Waals surface area contributed by atoms with Crippen LogP contribution >= 0.6 is 0 Å². The van der Waals surface area contributed by atoms with Crippen LogP contribution in [0.15, 0.2) is 12.1 Å². The van der Waals surface area contributed by atoms with Gasteiger partial charge in [-0.2, -0.15) is 0 Å². The standard InChI is InChI=1S/C13H17NO3/c1-8(2)14-7-9-5-10(16-3)6-11(17-4)12(9)13(14)15/h5-6,8H,7H2,1-4H3. The Balaban J connectivity index is 2.50. The van der Waals surface area contributed by atoms with Crippen molar-refractivity contribution < 1.29 is 14.3 Å². The van der Waals surface area contributed by atoms with Crippen LogP contribution in [0.2, 0.25) is 0 Å². The lowest BCUT2D eigenvalue weighted by atomic mass is 10.1. The van der Waals surface area contributed by atoms with Crippen LogP contribution in [0.1, 0.15) is 29.8 Å². The molecule has 0 saturated carbocycles. The number of ether oxygens (including phenoxy) is 2. The Labute approximate surface area is 101 Å². The molecular formula is C13H17NO3. The molecule has 1 aliphatic rings. The second-order valence-corrected chi connectivity index (χ2v) is 4.39. The van der Waals surface area contributed by atoms with Crippen LogP contribution in [0.4, 0.5) is 0 Å². The van der Waals surface area contributed by atoms with Crippen molar-refractivity contribution in [3.8, 4) is 11.5 Å². The second kappa shape index (κ2) is 4.28. The molecule has 0 N–H and O–H groups in total. The predicted octanol–water partition coefficient (Wildman–Crippen LogP) is 2.07. The highest BCUT2D eigenvalue weighted by Gasteiger charge is 2.32. The van der Waals surface area contributed by atoms with E-state index >= 15 is 0 Å². The number of methoxy groups -OCH3 is 2. The lowest BCUT2D eigenvalue weighted by Crippen LogP contribution is -2.30. The van der Waals surface area contributed by atoms with E-state index in [1.54, 1.807) is 20.3 Å². The molecule has 1 heterocycles. The van der Waals surface area contributed by atoms with Crippen molar-refractivity contribution in [1.82, 2.24) is 4.90 Å². The molecule has 4 heteroatoms. The van der Waals surface area contributed by atoms with Gasteiger partial charge < -0.3 is 14.4 Å². The first-order valence-electron chi connectivity index (χ1n) is 5.64. The highest BCUT2D eigenvalue weighted by molar-refractivity contribution is 6.01. The highest BCUT2D eigenvalue weighted by atomic mass is 16.5. The lowest BCUT2D eigenvalue weighted by molar-refractivity contribution is 0.0728. The first-order chi connectivity index (χ1) is 8.08. The third-order valence-corrected chi connectivity index (χ3v) is 3.05. The molecule has 0 aromatic heterocycles. The smallest absolute Gasteiger partial charge is 0.258 e. The molecule has 4 nitrogen and oxygen atoms in total. The van der Waals surface area contributed by atoms with Crippen LogP contribution in [0.5, 0.6) is 11.5 Å². The lowest BCUT2D eigenvalue weighted by Gasteiger charge is -2.19. The van der Waals surface area contributed by atoms with Crippen LogP contribution in [-0.4, -0.2) is 31.1 Å². The Morgan fingerprint density at radius 2 is 1.94 bits per heavy atom. The molecule has 0 spiro atoms. The average Bonchev–Trinajstić information content (AvgIpc) is 2.65. The summed E-state index contributed by atoms with van der Waals surface area (Å²) in [7, 11) is 3.18. The average molecular weight is 235 g/mol. The molecule has 0 fully saturated rings. The van der Waals surface area contributed by atoms with Gasteiger partial charge >= 0.3 is 0 Å². The number of carbonyl (C=O) groups excluding carboxylic acids is 1. The van der Waals surface area contributed by atoms with Gasteiger partial charge in [0, 0.05) is 18.7 Å². The number of nitrogens with zero attached hydrogens (tertiary/aromatic N) is 1. The normalized spacial score (nSPS) is 14.2. The van der Waals surface area contributed by atoms with Crippen molar-refractivity contribution >= 4 is 5.91 Å². The van der Waals surface area contributed by atoms with Gasteiger partial charge in [0.05, 0.1) is 19.8 Å². The molecule has 92 valence electrons. The van der Waals surface area contributed by atoms with E-state index < -0.39 is 0 Å². The minimum Gasteiger partial charge on any atom is -0.497 e. The van der Waals surface area contributed by atoms with Crippen molar-refractivity contribution in [3.05, 3.63) is 23.3 Å². The van der Waals surface area contributed by atoms with E-state index in [-0.39, 0.29) is 11.9 Å². The molecule has 17 heavy (non-hydrogen) atoms. The molecule has 0 radical (unpaired) electrons. The van der Waals surface area contributed by atoms with E-state index in [0.717, 1.165) is 11.3 Å². The molecule has 1 aromatic rings. The molecule has 0 bridgehead atoms. The van der Waals surface area contributed by atoms with E-state index in [1.165, 1.54) is 0 Å². The van der Waals surface area contributed by atoms with Gasteiger partial charge in [0.25, 0.3) is 5.91 Å². The van der Waals surface area contributed by atoms with Gasteiger partial charge in [-0.3, -0.25) is 4.79 Å². The topological polar surface area (TPSA) is 38.8 Å². The van der Waals surface area contributed by atoms with Crippen LogP contribution < -0.4 is 9.47 Å². The molecule has 2 rings (SSSR count). The summed E-state index contributed by atoms with van der Waals surface area (Å²) in [6.07, 6.45) is 0. The van der Waals surface area contributed by atoms with Crippen LogP contribution in [0.3, 0.4) is 0 Å². The molecule has 0 saturated heterocycles. The zero-order valence-corrected chi connectivity index (χ0v) is 10.6. The summed E-state index contributed by atoms with van der Waals surface area (Å²) in [4.78, 5) is 14.0. The van der Waals surface area contributed by atoms with Crippen molar-refractivity contribution in [3.63, 3.8) is 0 Å². The van der Waals surface area contributed by atoms with E-state index in [2.05, 4.69) is 0 Å². The maximum atomic E-state index is 12.2. The molecule has 1 aliphatic heterocycles. The number of carbonyl (C=O) groups is 1. The monoisotopic (exact) mass is 235 g/mol. The van der Waals surface area contributed by atoms with E-state index in [1.807, 2.05) is 24.8 Å². The third kappa shape index (κ3) is 1.84. The number of fused-ring (bicyclic) bond motifs is 1. The first kappa shape index (κ1) is 11.8. The molecule has 0 unspecified atom stereocenters.